The lowest BCUT2D eigenvalue weighted by molar-refractivity contribution is -0.124. The molecule has 0 aliphatic rings. The van der Waals surface area contributed by atoms with Gasteiger partial charge in [0.25, 0.3) is 0 Å². The predicted molar refractivity (Wildman–Crippen MR) is 167 cm³/mol. The van der Waals surface area contributed by atoms with Gasteiger partial charge in [0.05, 0.1) is 31.3 Å². The van der Waals surface area contributed by atoms with Gasteiger partial charge in [-0.3, -0.25) is 4.79 Å². The largest absolute Gasteiger partial charge is 0.394 e. The zero-order chi connectivity index (χ0) is 28.8. The van der Waals surface area contributed by atoms with Crippen LogP contribution in [0.1, 0.15) is 162 Å². The molecule has 0 aliphatic carbocycles. The smallest absolute Gasteiger partial charge is 0.222 e. The Kier molecular flexibility index (Phi) is 28.9. The number of rotatable bonds is 29. The van der Waals surface area contributed by atoms with Crippen molar-refractivity contribution < 1.29 is 20.1 Å². The average molecular weight is 552 g/mol. The Labute approximate surface area is 241 Å². The fourth-order valence-corrected chi connectivity index (χ4v) is 4.87. The highest BCUT2D eigenvalue weighted by Gasteiger charge is 2.19. The summed E-state index contributed by atoms with van der Waals surface area (Å²) in [4.78, 5) is 12.3. The summed E-state index contributed by atoms with van der Waals surface area (Å²) in [6, 6.07) is -0.747. The first-order valence-electron chi connectivity index (χ1n) is 16.6. The lowest BCUT2D eigenvalue weighted by Gasteiger charge is -2.20. The van der Waals surface area contributed by atoms with E-state index in [-0.39, 0.29) is 18.9 Å². The van der Waals surface area contributed by atoms with Crippen LogP contribution in [0, 0.1) is 0 Å². The maximum absolute atomic E-state index is 12.3. The summed E-state index contributed by atoms with van der Waals surface area (Å²) in [7, 11) is 0. The van der Waals surface area contributed by atoms with Gasteiger partial charge in [-0.1, -0.05) is 134 Å². The molecule has 230 valence electrons. The highest BCUT2D eigenvalue weighted by molar-refractivity contribution is 5.76. The van der Waals surface area contributed by atoms with E-state index in [1.165, 1.54) is 103 Å². The fraction of sp³-hybridized carbons (Fsp3) is 0.853. The number of carbonyl (C=O) groups excluding carboxylic acids is 1. The summed E-state index contributed by atoms with van der Waals surface area (Å²) >= 11 is 0. The van der Waals surface area contributed by atoms with Crippen molar-refractivity contribution in [3.63, 3.8) is 0 Å². The van der Waals surface area contributed by atoms with Crippen LogP contribution in [0.4, 0.5) is 0 Å². The molecule has 3 atom stereocenters. The minimum Gasteiger partial charge on any atom is -0.394 e. The van der Waals surface area contributed by atoms with Gasteiger partial charge in [0.15, 0.2) is 0 Å². The molecule has 3 unspecified atom stereocenters. The number of aliphatic hydroxyl groups is 3. The number of nitrogens with one attached hydrogen (secondary N) is 1. The number of unbranched alkanes of at least 4 members (excludes halogenated alkanes) is 18. The molecular weight excluding hydrogens is 486 g/mol. The van der Waals surface area contributed by atoms with Gasteiger partial charge in [0.1, 0.15) is 0 Å². The SMILES string of the molecule is CCCCCCCC/C=C\CCCC(O)CC(=O)NC(CO)C(O)/C=C/CCCCCCCCCCCCC. The number of carbonyl (C=O) groups is 1. The quantitative estimate of drug-likeness (QED) is 0.0556. The molecule has 0 radical (unpaired) electrons. The van der Waals surface area contributed by atoms with Crippen LogP contribution < -0.4 is 5.32 Å². The van der Waals surface area contributed by atoms with Crippen LogP contribution in [-0.2, 0) is 4.79 Å². The normalized spacial score (nSPS) is 14.3. The molecule has 0 fully saturated rings. The third-order valence-electron chi connectivity index (χ3n) is 7.48. The molecule has 0 spiro atoms. The van der Waals surface area contributed by atoms with Crippen LogP contribution in [0.3, 0.4) is 0 Å². The van der Waals surface area contributed by atoms with E-state index >= 15 is 0 Å². The summed E-state index contributed by atoms with van der Waals surface area (Å²) < 4.78 is 0. The Morgan fingerprint density at radius 2 is 1.08 bits per heavy atom. The van der Waals surface area contributed by atoms with Gasteiger partial charge in [-0.15, -0.1) is 0 Å². The zero-order valence-electron chi connectivity index (χ0n) is 25.8. The van der Waals surface area contributed by atoms with Gasteiger partial charge in [-0.05, 0) is 44.9 Å². The molecule has 5 nitrogen and oxygen atoms in total. The van der Waals surface area contributed by atoms with Gasteiger partial charge >= 0.3 is 0 Å². The van der Waals surface area contributed by atoms with E-state index in [4.69, 9.17) is 0 Å². The summed E-state index contributed by atoms with van der Waals surface area (Å²) in [6.45, 7) is 4.16. The summed E-state index contributed by atoms with van der Waals surface area (Å²) in [6.07, 6.45) is 33.0. The lowest BCUT2D eigenvalue weighted by Crippen LogP contribution is -2.45. The maximum atomic E-state index is 12.3. The average Bonchev–Trinajstić information content (AvgIpc) is 2.92. The molecule has 0 bridgehead atoms. The van der Waals surface area contributed by atoms with E-state index in [1.54, 1.807) is 6.08 Å². The number of aliphatic hydroxyl groups excluding tert-OH is 3. The third kappa shape index (κ3) is 26.8. The number of amides is 1. The number of hydrogen-bond donors (Lipinski definition) is 4. The Morgan fingerprint density at radius 3 is 1.56 bits per heavy atom. The minimum atomic E-state index is -0.930. The van der Waals surface area contributed by atoms with Gasteiger partial charge < -0.3 is 20.6 Å². The van der Waals surface area contributed by atoms with E-state index in [1.807, 2.05) is 6.08 Å². The molecule has 0 aliphatic heterocycles. The van der Waals surface area contributed by atoms with E-state index in [0.717, 1.165) is 32.1 Å². The Morgan fingerprint density at radius 1 is 0.641 bits per heavy atom. The number of hydrogen-bond acceptors (Lipinski definition) is 4. The molecule has 0 heterocycles. The molecule has 1 amide bonds. The molecule has 0 aromatic heterocycles. The van der Waals surface area contributed by atoms with Crippen molar-refractivity contribution in [1.29, 1.82) is 0 Å². The molecule has 0 saturated heterocycles. The van der Waals surface area contributed by atoms with Crippen molar-refractivity contribution in [2.24, 2.45) is 0 Å². The van der Waals surface area contributed by atoms with Crippen molar-refractivity contribution in [3.05, 3.63) is 24.3 Å². The van der Waals surface area contributed by atoms with Gasteiger partial charge in [-0.2, -0.15) is 0 Å². The molecular formula is C34H65NO4. The second kappa shape index (κ2) is 29.8. The first-order chi connectivity index (χ1) is 19.0. The fourth-order valence-electron chi connectivity index (χ4n) is 4.87. The lowest BCUT2D eigenvalue weighted by atomic mass is 10.0. The molecule has 0 saturated carbocycles. The van der Waals surface area contributed by atoms with Crippen molar-refractivity contribution >= 4 is 5.91 Å². The molecule has 0 aromatic rings. The number of allylic oxidation sites excluding steroid dienone is 3. The van der Waals surface area contributed by atoms with Crippen molar-refractivity contribution in [3.8, 4) is 0 Å². The second-order valence-electron chi connectivity index (χ2n) is 11.4. The minimum absolute atomic E-state index is 0.00680. The van der Waals surface area contributed by atoms with Gasteiger partial charge in [0, 0.05) is 0 Å². The molecule has 5 heteroatoms. The highest BCUT2D eigenvalue weighted by Crippen LogP contribution is 2.13. The monoisotopic (exact) mass is 551 g/mol. The third-order valence-corrected chi connectivity index (χ3v) is 7.48. The van der Waals surface area contributed by atoms with Crippen molar-refractivity contribution in [2.75, 3.05) is 6.61 Å². The van der Waals surface area contributed by atoms with Crippen LogP contribution in [0.2, 0.25) is 0 Å². The molecule has 0 aromatic carbocycles. The van der Waals surface area contributed by atoms with Gasteiger partial charge in [0.2, 0.25) is 5.91 Å². The molecule has 0 rings (SSSR count). The predicted octanol–water partition coefficient (Wildman–Crippen LogP) is 8.31. The van der Waals surface area contributed by atoms with E-state index in [0.29, 0.717) is 6.42 Å². The van der Waals surface area contributed by atoms with Crippen molar-refractivity contribution in [2.45, 2.75) is 180 Å². The standard InChI is InChI=1S/C34H65NO4/c1-3-5-7-9-11-13-15-16-18-20-22-24-26-28-33(38)32(30-36)35-34(39)29-31(37)27-25-23-21-19-17-14-12-10-8-6-4-2/h19,21,26,28,31-33,36-38H,3-18,20,22-25,27,29-30H2,1-2H3,(H,35,39)/b21-19-,28-26+. The Hall–Kier alpha value is -1.17. The van der Waals surface area contributed by atoms with Crippen LogP contribution in [0.25, 0.3) is 0 Å². The van der Waals surface area contributed by atoms with Crippen LogP contribution >= 0.6 is 0 Å². The maximum Gasteiger partial charge on any atom is 0.222 e. The first kappa shape index (κ1) is 37.8. The van der Waals surface area contributed by atoms with Crippen LogP contribution in [0.5, 0.6) is 0 Å². The van der Waals surface area contributed by atoms with Crippen LogP contribution in [-0.4, -0.2) is 46.1 Å². The van der Waals surface area contributed by atoms with E-state index in [9.17, 15) is 20.1 Å². The highest BCUT2D eigenvalue weighted by atomic mass is 16.3. The molecule has 4 N–H and O–H groups in total. The summed E-state index contributed by atoms with van der Waals surface area (Å²) in [5, 5.41) is 32.8. The van der Waals surface area contributed by atoms with Crippen molar-refractivity contribution in [1.82, 2.24) is 5.32 Å². The van der Waals surface area contributed by atoms with E-state index < -0.39 is 18.2 Å². The Bertz CT molecular complexity index is 578. The van der Waals surface area contributed by atoms with Gasteiger partial charge in [-0.25, -0.2) is 0 Å². The summed E-state index contributed by atoms with van der Waals surface area (Å²) in [5.41, 5.74) is 0. The topological polar surface area (TPSA) is 89.8 Å². The van der Waals surface area contributed by atoms with E-state index in [2.05, 4.69) is 31.3 Å². The Balaban J connectivity index is 3.83. The zero-order valence-corrected chi connectivity index (χ0v) is 25.8. The second-order valence-corrected chi connectivity index (χ2v) is 11.4. The first-order valence-corrected chi connectivity index (χ1v) is 16.6. The van der Waals surface area contributed by atoms with Crippen LogP contribution in [0.15, 0.2) is 24.3 Å². The summed E-state index contributed by atoms with van der Waals surface area (Å²) in [5.74, 6) is -0.335. The molecule has 39 heavy (non-hydrogen) atoms.